The van der Waals surface area contributed by atoms with E-state index in [1.54, 1.807) is 4.90 Å². The molecule has 1 heterocycles. The minimum absolute atomic E-state index is 0.0893. The zero-order valence-corrected chi connectivity index (χ0v) is 16.8. The Morgan fingerprint density at radius 1 is 0.967 bits per heavy atom. The van der Waals surface area contributed by atoms with Gasteiger partial charge in [-0.3, -0.25) is 4.79 Å². The van der Waals surface area contributed by atoms with Crippen LogP contribution in [0.1, 0.15) is 42.7 Å². The van der Waals surface area contributed by atoms with Gasteiger partial charge in [-0.2, -0.15) is 0 Å². The summed E-state index contributed by atoms with van der Waals surface area (Å²) in [5, 5.41) is 9.27. The summed E-state index contributed by atoms with van der Waals surface area (Å²) in [6.07, 6.45) is 3.31. The van der Waals surface area contributed by atoms with Gasteiger partial charge in [-0.05, 0) is 59.3 Å². The Labute approximate surface area is 175 Å². The van der Waals surface area contributed by atoms with E-state index in [0.29, 0.717) is 12.5 Å². The molecule has 0 aromatic heterocycles. The van der Waals surface area contributed by atoms with Crippen molar-refractivity contribution in [2.24, 2.45) is 16.7 Å². The third-order valence-corrected chi connectivity index (χ3v) is 7.87. The average molecular weight is 403 g/mol. The lowest BCUT2D eigenvalue weighted by Gasteiger charge is -2.69. The quantitative estimate of drug-likeness (QED) is 0.798. The maximum absolute atomic E-state index is 12.6. The Morgan fingerprint density at radius 3 is 2.10 bits per heavy atom. The van der Waals surface area contributed by atoms with Crippen LogP contribution in [0.15, 0.2) is 48.5 Å². The Morgan fingerprint density at radius 2 is 1.53 bits per heavy atom. The highest BCUT2D eigenvalue weighted by Gasteiger charge is 2.71. The van der Waals surface area contributed by atoms with Crippen LogP contribution in [0.2, 0.25) is 0 Å². The predicted octanol–water partition coefficient (Wildman–Crippen LogP) is 4.51. The molecule has 5 aliphatic rings. The van der Waals surface area contributed by atoms with Gasteiger partial charge in [0.1, 0.15) is 6.61 Å². The first kappa shape index (κ1) is 18.0. The van der Waals surface area contributed by atoms with Crippen LogP contribution in [0.4, 0.5) is 4.79 Å². The molecule has 2 aromatic carbocycles. The monoisotopic (exact) mass is 403 g/mol. The van der Waals surface area contributed by atoms with Crippen molar-refractivity contribution in [1.82, 2.24) is 4.90 Å². The van der Waals surface area contributed by atoms with E-state index in [9.17, 15) is 14.7 Å². The normalized spacial score (nSPS) is 28.6. The molecule has 0 spiro atoms. The lowest BCUT2D eigenvalue weighted by Crippen LogP contribution is -2.67. The lowest BCUT2D eigenvalue weighted by molar-refractivity contribution is -0.231. The number of nitrogens with zero attached hydrogens (tertiary/aromatic N) is 1. The highest BCUT2D eigenvalue weighted by Crippen LogP contribution is 2.75. The van der Waals surface area contributed by atoms with Gasteiger partial charge in [0.2, 0.25) is 0 Å². The predicted molar refractivity (Wildman–Crippen MR) is 111 cm³/mol. The van der Waals surface area contributed by atoms with Crippen LogP contribution in [0.3, 0.4) is 0 Å². The molecule has 5 nitrogen and oxygen atoms in total. The molecule has 1 saturated heterocycles. The van der Waals surface area contributed by atoms with Gasteiger partial charge in [0.15, 0.2) is 0 Å². The van der Waals surface area contributed by atoms with Gasteiger partial charge >= 0.3 is 12.1 Å². The molecule has 5 heteroatoms. The Hall–Kier alpha value is -2.82. The Kier molecular flexibility index (Phi) is 3.66. The first-order valence-corrected chi connectivity index (χ1v) is 10.8. The van der Waals surface area contributed by atoms with E-state index in [4.69, 9.17) is 4.74 Å². The molecule has 0 unspecified atom stereocenters. The van der Waals surface area contributed by atoms with Gasteiger partial charge in [0.25, 0.3) is 0 Å². The number of fused-ring (bicyclic) bond motifs is 3. The number of amides is 1. The Balaban J connectivity index is 1.03. The van der Waals surface area contributed by atoms with Crippen LogP contribution in [-0.2, 0) is 9.53 Å². The number of carbonyl (C=O) groups is 2. The number of carboxylic acids is 1. The third kappa shape index (κ3) is 2.47. The molecular formula is C25H25NO4. The summed E-state index contributed by atoms with van der Waals surface area (Å²) in [6, 6.07) is 16.7. The molecule has 154 valence electrons. The van der Waals surface area contributed by atoms with Gasteiger partial charge in [0.05, 0.1) is 5.41 Å². The summed E-state index contributed by atoms with van der Waals surface area (Å²) in [5.74, 6) is -0.0535. The van der Waals surface area contributed by atoms with Crippen LogP contribution in [0.5, 0.6) is 0 Å². The molecule has 3 saturated carbocycles. The third-order valence-electron chi connectivity index (χ3n) is 7.87. The van der Waals surface area contributed by atoms with E-state index >= 15 is 0 Å². The summed E-state index contributed by atoms with van der Waals surface area (Å²) in [4.78, 5) is 25.6. The van der Waals surface area contributed by atoms with Crippen molar-refractivity contribution in [3.8, 4) is 11.1 Å². The van der Waals surface area contributed by atoms with Crippen LogP contribution in [0, 0.1) is 16.7 Å². The minimum atomic E-state index is -0.627. The largest absolute Gasteiger partial charge is 0.481 e. The highest BCUT2D eigenvalue weighted by molar-refractivity contribution is 5.80. The number of carboxylic acid groups (broad SMARTS) is 1. The zero-order valence-electron chi connectivity index (χ0n) is 16.8. The van der Waals surface area contributed by atoms with Crippen molar-refractivity contribution in [3.05, 3.63) is 59.7 Å². The number of hydrogen-bond acceptors (Lipinski definition) is 3. The van der Waals surface area contributed by atoms with E-state index in [0.717, 1.165) is 38.8 Å². The number of hydrogen-bond donors (Lipinski definition) is 1. The number of aliphatic carboxylic acids is 1. The number of benzene rings is 2. The zero-order chi connectivity index (χ0) is 20.5. The van der Waals surface area contributed by atoms with Crippen LogP contribution >= 0.6 is 0 Å². The molecule has 7 rings (SSSR count). The van der Waals surface area contributed by atoms with Gasteiger partial charge in [0, 0.05) is 19.0 Å². The van der Waals surface area contributed by atoms with E-state index in [-0.39, 0.29) is 17.4 Å². The molecule has 0 radical (unpaired) electrons. The van der Waals surface area contributed by atoms with Crippen LogP contribution in [0.25, 0.3) is 11.1 Å². The summed E-state index contributed by atoms with van der Waals surface area (Å²) < 4.78 is 5.73. The molecule has 2 bridgehead atoms. The highest BCUT2D eigenvalue weighted by atomic mass is 16.6. The Bertz CT molecular complexity index is 989. The van der Waals surface area contributed by atoms with Crippen molar-refractivity contribution in [2.45, 2.75) is 31.6 Å². The molecule has 4 fully saturated rings. The fraction of sp³-hybridized carbons (Fsp3) is 0.440. The summed E-state index contributed by atoms with van der Waals surface area (Å²) in [5.41, 5.74) is 4.76. The first-order chi connectivity index (χ1) is 14.5. The fourth-order valence-electron chi connectivity index (χ4n) is 6.59. The SMILES string of the molecule is O=C(OCC1c2ccccc2-c2ccccc21)N1CC(CC23CC(C(=O)O)(C2)C3)C1. The van der Waals surface area contributed by atoms with Gasteiger partial charge in [-0.15, -0.1) is 0 Å². The first-order valence-electron chi connectivity index (χ1n) is 10.8. The molecule has 1 N–H and O–H groups in total. The molecule has 1 amide bonds. The molecule has 0 atom stereocenters. The number of rotatable bonds is 5. The molecular weight excluding hydrogens is 378 g/mol. The van der Waals surface area contributed by atoms with Crippen LogP contribution < -0.4 is 0 Å². The summed E-state index contributed by atoms with van der Waals surface area (Å²) in [6.45, 7) is 1.83. The fourth-order valence-corrected chi connectivity index (χ4v) is 6.59. The van der Waals surface area contributed by atoms with E-state index in [2.05, 4.69) is 36.4 Å². The molecule has 4 aliphatic carbocycles. The van der Waals surface area contributed by atoms with Gasteiger partial charge < -0.3 is 14.7 Å². The second-order valence-corrected chi connectivity index (χ2v) is 9.89. The van der Waals surface area contributed by atoms with Crippen LogP contribution in [-0.4, -0.2) is 41.8 Å². The summed E-state index contributed by atoms with van der Waals surface area (Å²) in [7, 11) is 0. The maximum atomic E-state index is 12.6. The van der Waals surface area contributed by atoms with Crippen molar-refractivity contribution in [1.29, 1.82) is 0 Å². The number of carbonyl (C=O) groups excluding carboxylic acids is 1. The number of likely N-dealkylation sites (tertiary alicyclic amines) is 1. The standard InChI is InChI=1S/C25H25NO4/c27-22(28)25-13-24(14-25,15-25)9-16-10-26(11-16)23(29)30-12-21-19-7-3-1-5-17(19)18-6-2-4-8-20(18)21/h1-8,16,21H,9-15H2,(H,27,28). The van der Waals surface area contributed by atoms with E-state index in [1.165, 1.54) is 22.3 Å². The number of ether oxygens (including phenoxy) is 1. The molecule has 2 aromatic rings. The van der Waals surface area contributed by atoms with Gasteiger partial charge in [-0.1, -0.05) is 48.5 Å². The second-order valence-electron chi connectivity index (χ2n) is 9.89. The van der Waals surface area contributed by atoms with E-state index < -0.39 is 11.4 Å². The summed E-state index contributed by atoms with van der Waals surface area (Å²) >= 11 is 0. The van der Waals surface area contributed by atoms with E-state index in [1.807, 2.05) is 12.1 Å². The van der Waals surface area contributed by atoms with Crippen molar-refractivity contribution < 1.29 is 19.4 Å². The van der Waals surface area contributed by atoms with Crippen molar-refractivity contribution in [2.75, 3.05) is 19.7 Å². The lowest BCUT2D eigenvalue weighted by atomic mass is 9.33. The smallest absolute Gasteiger partial charge is 0.409 e. The van der Waals surface area contributed by atoms with Crippen molar-refractivity contribution in [3.63, 3.8) is 0 Å². The molecule has 30 heavy (non-hydrogen) atoms. The minimum Gasteiger partial charge on any atom is -0.481 e. The maximum Gasteiger partial charge on any atom is 0.409 e. The average Bonchev–Trinajstić information content (AvgIpc) is 2.96. The van der Waals surface area contributed by atoms with Gasteiger partial charge in [-0.25, -0.2) is 4.79 Å². The topological polar surface area (TPSA) is 66.8 Å². The molecule has 1 aliphatic heterocycles. The second kappa shape index (κ2) is 6.10. The van der Waals surface area contributed by atoms with Crippen molar-refractivity contribution >= 4 is 12.1 Å².